The number of hydrogen-bond donors (Lipinski definition) is 2. The van der Waals surface area contributed by atoms with Crippen LogP contribution in [0.15, 0.2) is 48.5 Å². The number of ether oxygens (including phenoxy) is 2. The lowest BCUT2D eigenvalue weighted by atomic mass is 10.0. The number of benzene rings is 2. The van der Waals surface area contributed by atoms with E-state index in [1.165, 1.54) is 0 Å². The van der Waals surface area contributed by atoms with Gasteiger partial charge in [0.05, 0.1) is 7.11 Å². The van der Waals surface area contributed by atoms with Crippen LogP contribution < -0.4 is 20.9 Å². The van der Waals surface area contributed by atoms with Crippen LogP contribution in [-0.2, 0) is 6.61 Å². The predicted molar refractivity (Wildman–Crippen MR) is 96.2 cm³/mol. The van der Waals surface area contributed by atoms with Crippen molar-refractivity contribution in [2.75, 3.05) is 13.7 Å². The van der Waals surface area contributed by atoms with Gasteiger partial charge in [-0.15, -0.1) is 12.4 Å². The molecule has 126 valence electrons. The highest BCUT2D eigenvalue weighted by Crippen LogP contribution is 2.31. The first-order chi connectivity index (χ1) is 10.7. The summed E-state index contributed by atoms with van der Waals surface area (Å²) in [4.78, 5) is 0. The Kier molecular flexibility index (Phi) is 8.48. The number of rotatable bonds is 8. The highest BCUT2D eigenvalue weighted by Gasteiger charge is 2.11. The molecule has 0 amide bonds. The Bertz CT molecular complexity index is 578. The molecule has 0 spiro atoms. The van der Waals surface area contributed by atoms with E-state index in [9.17, 15) is 0 Å². The second-order valence-electron chi connectivity index (χ2n) is 5.22. The van der Waals surface area contributed by atoms with Crippen molar-refractivity contribution in [1.29, 1.82) is 0 Å². The zero-order chi connectivity index (χ0) is 15.8. The van der Waals surface area contributed by atoms with Crippen molar-refractivity contribution >= 4 is 12.4 Å². The Morgan fingerprint density at radius 1 is 1.04 bits per heavy atom. The van der Waals surface area contributed by atoms with Gasteiger partial charge in [0.25, 0.3) is 0 Å². The van der Waals surface area contributed by atoms with E-state index in [1.54, 1.807) is 7.11 Å². The molecule has 5 heteroatoms. The molecule has 2 rings (SSSR count). The molecule has 0 fully saturated rings. The fraction of sp³-hybridized carbons (Fsp3) is 0.333. The number of hydrogen-bond acceptors (Lipinski definition) is 4. The lowest BCUT2D eigenvalue weighted by Crippen LogP contribution is -2.12. The third-order valence-electron chi connectivity index (χ3n) is 3.57. The van der Waals surface area contributed by atoms with Gasteiger partial charge in [0, 0.05) is 6.04 Å². The SMILES string of the molecule is COc1ccc([C@H](N)CCCN)cc1OCc1ccccc1.Cl. The summed E-state index contributed by atoms with van der Waals surface area (Å²) in [6.07, 6.45) is 1.77. The average Bonchev–Trinajstić information content (AvgIpc) is 2.58. The highest BCUT2D eigenvalue weighted by molar-refractivity contribution is 5.85. The number of methoxy groups -OCH3 is 1. The van der Waals surface area contributed by atoms with Gasteiger partial charge in [-0.1, -0.05) is 36.4 Å². The summed E-state index contributed by atoms with van der Waals surface area (Å²) in [5.74, 6) is 1.43. The molecule has 2 aromatic rings. The van der Waals surface area contributed by atoms with Gasteiger partial charge < -0.3 is 20.9 Å². The summed E-state index contributed by atoms with van der Waals surface area (Å²) < 4.78 is 11.3. The average molecular weight is 337 g/mol. The Morgan fingerprint density at radius 3 is 2.43 bits per heavy atom. The van der Waals surface area contributed by atoms with E-state index in [0.717, 1.165) is 24.0 Å². The van der Waals surface area contributed by atoms with Crippen molar-refractivity contribution in [3.8, 4) is 11.5 Å². The first-order valence-corrected chi connectivity index (χ1v) is 7.55. The van der Waals surface area contributed by atoms with E-state index in [4.69, 9.17) is 20.9 Å². The van der Waals surface area contributed by atoms with Crippen molar-refractivity contribution in [3.63, 3.8) is 0 Å². The summed E-state index contributed by atoms with van der Waals surface area (Å²) in [5, 5.41) is 0. The van der Waals surface area contributed by atoms with E-state index < -0.39 is 0 Å². The first kappa shape index (κ1) is 19.3. The summed E-state index contributed by atoms with van der Waals surface area (Å²) in [5.41, 5.74) is 13.9. The van der Waals surface area contributed by atoms with Gasteiger partial charge in [-0.2, -0.15) is 0 Å². The Hall–Kier alpha value is -1.75. The molecule has 0 aromatic heterocycles. The van der Waals surface area contributed by atoms with Crippen LogP contribution in [0, 0.1) is 0 Å². The molecule has 0 aliphatic heterocycles. The molecular formula is C18H25ClN2O2. The van der Waals surface area contributed by atoms with Gasteiger partial charge in [-0.05, 0) is 42.6 Å². The molecule has 0 heterocycles. The lowest BCUT2D eigenvalue weighted by Gasteiger charge is -2.16. The molecule has 0 aliphatic carbocycles. The van der Waals surface area contributed by atoms with E-state index in [-0.39, 0.29) is 18.4 Å². The summed E-state index contributed by atoms with van der Waals surface area (Å²) >= 11 is 0. The van der Waals surface area contributed by atoms with E-state index in [0.29, 0.717) is 24.7 Å². The predicted octanol–water partition coefficient (Wildman–Crippen LogP) is 3.43. The Labute approximate surface area is 144 Å². The maximum Gasteiger partial charge on any atom is 0.161 e. The first-order valence-electron chi connectivity index (χ1n) is 7.55. The maximum atomic E-state index is 6.20. The zero-order valence-electron chi connectivity index (χ0n) is 13.4. The van der Waals surface area contributed by atoms with Crippen LogP contribution in [0.1, 0.15) is 30.0 Å². The van der Waals surface area contributed by atoms with Crippen molar-refractivity contribution in [1.82, 2.24) is 0 Å². The fourth-order valence-corrected chi connectivity index (χ4v) is 2.28. The van der Waals surface area contributed by atoms with Crippen molar-refractivity contribution in [2.45, 2.75) is 25.5 Å². The summed E-state index contributed by atoms with van der Waals surface area (Å²) in [6, 6.07) is 15.8. The monoisotopic (exact) mass is 336 g/mol. The topological polar surface area (TPSA) is 70.5 Å². The molecule has 1 atom stereocenters. The lowest BCUT2D eigenvalue weighted by molar-refractivity contribution is 0.284. The minimum Gasteiger partial charge on any atom is -0.493 e. The quantitative estimate of drug-likeness (QED) is 0.774. The normalized spacial score (nSPS) is 11.4. The fourth-order valence-electron chi connectivity index (χ4n) is 2.28. The molecule has 0 radical (unpaired) electrons. The van der Waals surface area contributed by atoms with Gasteiger partial charge in [-0.25, -0.2) is 0 Å². The standard InChI is InChI=1S/C18H24N2O2.ClH/c1-21-17-10-9-15(16(20)8-5-11-19)12-18(17)22-13-14-6-3-2-4-7-14;/h2-4,6-7,9-10,12,16H,5,8,11,13,19-20H2,1H3;1H/t16-;/m1./s1. The largest absolute Gasteiger partial charge is 0.493 e. The van der Waals surface area contributed by atoms with Gasteiger partial charge >= 0.3 is 0 Å². The molecule has 0 bridgehead atoms. The molecule has 23 heavy (non-hydrogen) atoms. The molecular weight excluding hydrogens is 312 g/mol. The van der Waals surface area contributed by atoms with Gasteiger partial charge in [0.1, 0.15) is 6.61 Å². The van der Waals surface area contributed by atoms with E-state index in [2.05, 4.69) is 0 Å². The van der Waals surface area contributed by atoms with E-state index in [1.807, 2.05) is 48.5 Å². The second-order valence-corrected chi connectivity index (χ2v) is 5.22. The number of nitrogens with two attached hydrogens (primary N) is 2. The number of halogens is 1. The van der Waals surface area contributed by atoms with Crippen molar-refractivity contribution in [3.05, 3.63) is 59.7 Å². The minimum absolute atomic E-state index is 0. The molecule has 4 N–H and O–H groups in total. The van der Waals surface area contributed by atoms with E-state index >= 15 is 0 Å². The van der Waals surface area contributed by atoms with Crippen molar-refractivity contribution in [2.24, 2.45) is 11.5 Å². The van der Waals surface area contributed by atoms with Gasteiger partial charge in [0.2, 0.25) is 0 Å². The molecule has 0 saturated heterocycles. The molecule has 0 aliphatic rings. The second kappa shape index (κ2) is 10.1. The zero-order valence-corrected chi connectivity index (χ0v) is 14.2. The maximum absolute atomic E-state index is 6.20. The Balaban J connectivity index is 0.00000264. The van der Waals surface area contributed by atoms with Crippen LogP contribution in [0.3, 0.4) is 0 Å². The van der Waals surface area contributed by atoms with Crippen LogP contribution in [-0.4, -0.2) is 13.7 Å². The minimum atomic E-state index is -0.0338. The molecule has 2 aromatic carbocycles. The molecule has 4 nitrogen and oxygen atoms in total. The van der Waals surface area contributed by atoms with Gasteiger partial charge in [-0.3, -0.25) is 0 Å². The van der Waals surface area contributed by atoms with Crippen LogP contribution >= 0.6 is 12.4 Å². The smallest absolute Gasteiger partial charge is 0.161 e. The van der Waals surface area contributed by atoms with Crippen molar-refractivity contribution < 1.29 is 9.47 Å². The van der Waals surface area contributed by atoms with Gasteiger partial charge in [0.15, 0.2) is 11.5 Å². The summed E-state index contributed by atoms with van der Waals surface area (Å²) in [6.45, 7) is 1.15. The van der Waals surface area contributed by atoms with Crippen LogP contribution in [0.4, 0.5) is 0 Å². The highest BCUT2D eigenvalue weighted by atomic mass is 35.5. The summed E-state index contributed by atoms with van der Waals surface area (Å²) in [7, 11) is 1.64. The molecule has 0 unspecified atom stereocenters. The third-order valence-corrected chi connectivity index (χ3v) is 3.57. The third kappa shape index (κ3) is 5.75. The van der Waals surface area contributed by atoms with Crippen LogP contribution in [0.2, 0.25) is 0 Å². The van der Waals surface area contributed by atoms with Crippen LogP contribution in [0.25, 0.3) is 0 Å². The van der Waals surface area contributed by atoms with Crippen LogP contribution in [0.5, 0.6) is 11.5 Å². The Morgan fingerprint density at radius 2 is 1.78 bits per heavy atom. The molecule has 0 saturated carbocycles.